The van der Waals surface area contributed by atoms with Crippen molar-refractivity contribution in [3.63, 3.8) is 0 Å². The third-order valence-electron chi connectivity index (χ3n) is 6.67. The first-order valence-corrected chi connectivity index (χ1v) is 13.3. The standard InChI is InChI=1S/C24H28N2S.C5H10O3/c1-19-6-3-4-8-21(19)17-23-10-11-24(27-23)22-9-5-7-20(16-22)18-26-14-12-25(2)13-15-26;6-4-1-5(7)3-8-2-4/h3-11,16H,12-15,17-18H2,1-2H3;4-7H,1-3H2. The molecule has 0 saturated carbocycles. The first-order valence-electron chi connectivity index (χ1n) is 12.5. The summed E-state index contributed by atoms with van der Waals surface area (Å²) in [5.74, 6) is 0. The predicted octanol–water partition coefficient (Wildman–Crippen LogP) is 4.19. The summed E-state index contributed by atoms with van der Waals surface area (Å²) in [6.45, 7) is 8.68. The van der Waals surface area contributed by atoms with Crippen molar-refractivity contribution in [1.82, 2.24) is 9.80 Å². The van der Waals surface area contributed by atoms with Crippen LogP contribution < -0.4 is 0 Å². The van der Waals surface area contributed by atoms with Crippen molar-refractivity contribution in [2.75, 3.05) is 46.4 Å². The first-order chi connectivity index (χ1) is 17.0. The Labute approximate surface area is 213 Å². The topological polar surface area (TPSA) is 56.2 Å². The summed E-state index contributed by atoms with van der Waals surface area (Å²) < 4.78 is 4.79. The Morgan fingerprint density at radius 3 is 2.34 bits per heavy atom. The van der Waals surface area contributed by atoms with Crippen LogP contribution in [-0.2, 0) is 17.7 Å². The van der Waals surface area contributed by atoms with E-state index in [1.54, 1.807) is 0 Å². The van der Waals surface area contributed by atoms with Gasteiger partial charge < -0.3 is 19.8 Å². The van der Waals surface area contributed by atoms with Crippen LogP contribution in [0, 0.1) is 6.92 Å². The number of ether oxygens (including phenoxy) is 1. The molecular weight excluding hydrogens is 456 g/mol. The van der Waals surface area contributed by atoms with Gasteiger partial charge in [-0.25, -0.2) is 0 Å². The summed E-state index contributed by atoms with van der Waals surface area (Å²) in [6, 6.07) is 22.4. The van der Waals surface area contributed by atoms with Gasteiger partial charge in [0.1, 0.15) is 0 Å². The van der Waals surface area contributed by atoms with Crippen LogP contribution in [-0.4, -0.2) is 78.7 Å². The molecule has 3 heterocycles. The van der Waals surface area contributed by atoms with Crippen molar-refractivity contribution < 1.29 is 14.9 Å². The Hall–Kier alpha value is -2.06. The fraction of sp³-hybridized carbons (Fsp3) is 0.448. The highest BCUT2D eigenvalue weighted by molar-refractivity contribution is 7.15. The number of aryl methyl sites for hydroxylation is 1. The molecule has 35 heavy (non-hydrogen) atoms. The van der Waals surface area contributed by atoms with Gasteiger partial charge in [0.05, 0.1) is 25.4 Å². The molecule has 1 aromatic heterocycles. The summed E-state index contributed by atoms with van der Waals surface area (Å²) in [6.07, 6.45) is 0.565. The molecule has 2 saturated heterocycles. The number of rotatable bonds is 5. The minimum absolute atomic E-state index is 0.372. The first kappa shape index (κ1) is 26.0. The summed E-state index contributed by atoms with van der Waals surface area (Å²) in [5, 5.41) is 17.6. The monoisotopic (exact) mass is 494 g/mol. The zero-order valence-electron chi connectivity index (χ0n) is 20.9. The predicted molar refractivity (Wildman–Crippen MR) is 144 cm³/mol. The molecule has 3 aromatic rings. The van der Waals surface area contributed by atoms with E-state index in [-0.39, 0.29) is 0 Å². The summed E-state index contributed by atoms with van der Waals surface area (Å²) in [5.41, 5.74) is 5.57. The Balaban J connectivity index is 0.000000308. The van der Waals surface area contributed by atoms with Crippen LogP contribution in [0.2, 0.25) is 0 Å². The number of hydrogen-bond acceptors (Lipinski definition) is 6. The van der Waals surface area contributed by atoms with Crippen LogP contribution in [0.15, 0.2) is 60.7 Å². The van der Waals surface area contributed by atoms with Gasteiger partial charge in [0.25, 0.3) is 0 Å². The fourth-order valence-electron chi connectivity index (χ4n) is 4.50. The van der Waals surface area contributed by atoms with Crippen molar-refractivity contribution in [1.29, 1.82) is 0 Å². The Kier molecular flexibility index (Phi) is 9.49. The molecule has 5 nitrogen and oxygen atoms in total. The van der Waals surface area contributed by atoms with Gasteiger partial charge in [-0.2, -0.15) is 0 Å². The van der Waals surface area contributed by atoms with E-state index in [1.165, 1.54) is 58.2 Å². The third-order valence-corrected chi connectivity index (χ3v) is 7.80. The smallest absolute Gasteiger partial charge is 0.0799 e. The number of thiophene rings is 1. The molecule has 2 atom stereocenters. The van der Waals surface area contributed by atoms with E-state index >= 15 is 0 Å². The minimum Gasteiger partial charge on any atom is -0.391 e. The largest absolute Gasteiger partial charge is 0.391 e. The summed E-state index contributed by atoms with van der Waals surface area (Å²) >= 11 is 1.92. The van der Waals surface area contributed by atoms with Crippen LogP contribution >= 0.6 is 11.3 Å². The van der Waals surface area contributed by atoms with Crippen LogP contribution in [0.5, 0.6) is 0 Å². The summed E-state index contributed by atoms with van der Waals surface area (Å²) in [4.78, 5) is 7.79. The molecule has 0 aliphatic carbocycles. The molecule has 188 valence electrons. The van der Waals surface area contributed by atoms with Gasteiger partial charge in [0.15, 0.2) is 0 Å². The molecule has 6 heteroatoms. The highest BCUT2D eigenvalue weighted by Gasteiger charge is 2.17. The molecule has 0 radical (unpaired) electrons. The van der Waals surface area contributed by atoms with Gasteiger partial charge in [-0.3, -0.25) is 4.90 Å². The number of piperazine rings is 1. The lowest BCUT2D eigenvalue weighted by molar-refractivity contribution is -0.0714. The number of aliphatic hydroxyl groups excluding tert-OH is 2. The fourth-order valence-corrected chi connectivity index (χ4v) is 5.53. The molecule has 5 rings (SSSR count). The minimum atomic E-state index is -0.459. The second kappa shape index (κ2) is 12.8. The Bertz CT molecular complexity index is 1050. The van der Waals surface area contributed by atoms with Gasteiger partial charge in [-0.05, 0) is 54.4 Å². The lowest BCUT2D eigenvalue weighted by atomic mass is 10.1. The molecule has 2 fully saturated rings. The van der Waals surface area contributed by atoms with E-state index in [0.717, 1.165) is 13.0 Å². The maximum atomic E-state index is 8.79. The van der Waals surface area contributed by atoms with E-state index < -0.39 is 12.2 Å². The molecule has 2 aliphatic rings. The van der Waals surface area contributed by atoms with Crippen molar-refractivity contribution in [3.8, 4) is 10.4 Å². The Morgan fingerprint density at radius 2 is 1.66 bits per heavy atom. The number of benzene rings is 2. The normalized spacial score (nSPS) is 21.4. The molecule has 2 N–H and O–H groups in total. The average molecular weight is 495 g/mol. The third kappa shape index (κ3) is 7.97. The van der Waals surface area contributed by atoms with Gasteiger partial charge in [0, 0.05) is 55.3 Å². The van der Waals surface area contributed by atoms with Crippen molar-refractivity contribution in [2.45, 2.75) is 38.5 Å². The van der Waals surface area contributed by atoms with Gasteiger partial charge in [0.2, 0.25) is 0 Å². The second-order valence-electron chi connectivity index (χ2n) is 9.73. The van der Waals surface area contributed by atoms with Crippen LogP contribution in [0.1, 0.15) is 28.0 Å². The van der Waals surface area contributed by atoms with Gasteiger partial charge >= 0.3 is 0 Å². The van der Waals surface area contributed by atoms with Crippen LogP contribution in [0.3, 0.4) is 0 Å². The number of nitrogens with zero attached hydrogens (tertiary/aromatic N) is 2. The molecule has 0 amide bonds. The maximum absolute atomic E-state index is 8.79. The van der Waals surface area contributed by atoms with Crippen molar-refractivity contribution in [3.05, 3.63) is 82.2 Å². The molecule has 2 aromatic carbocycles. The Morgan fingerprint density at radius 1 is 0.914 bits per heavy atom. The van der Waals surface area contributed by atoms with E-state index in [2.05, 4.69) is 84.4 Å². The van der Waals surface area contributed by atoms with Crippen molar-refractivity contribution in [2.24, 2.45) is 0 Å². The van der Waals surface area contributed by atoms with Gasteiger partial charge in [-0.15, -0.1) is 11.3 Å². The van der Waals surface area contributed by atoms with Crippen molar-refractivity contribution >= 4 is 11.3 Å². The molecule has 0 spiro atoms. The lowest BCUT2D eigenvalue weighted by Gasteiger charge is -2.32. The van der Waals surface area contributed by atoms with Crippen LogP contribution in [0.25, 0.3) is 10.4 Å². The molecule has 2 unspecified atom stereocenters. The zero-order chi connectivity index (χ0) is 24.6. The number of aliphatic hydroxyl groups is 2. The zero-order valence-corrected chi connectivity index (χ0v) is 21.7. The van der Waals surface area contributed by atoms with Crippen LogP contribution in [0.4, 0.5) is 0 Å². The maximum Gasteiger partial charge on any atom is 0.0799 e. The summed E-state index contributed by atoms with van der Waals surface area (Å²) in [7, 11) is 2.21. The highest BCUT2D eigenvalue weighted by atomic mass is 32.1. The van der Waals surface area contributed by atoms with E-state index in [0.29, 0.717) is 19.6 Å². The van der Waals surface area contributed by atoms with E-state index in [1.807, 2.05) is 11.3 Å². The SMILES string of the molecule is Cc1ccccc1Cc1ccc(-c2cccc(CN3CCN(C)CC3)c2)s1.OC1COCC(O)C1. The quantitative estimate of drug-likeness (QED) is 0.557. The lowest BCUT2D eigenvalue weighted by Crippen LogP contribution is -2.43. The van der Waals surface area contributed by atoms with E-state index in [4.69, 9.17) is 14.9 Å². The molecular formula is C29H38N2O3S. The van der Waals surface area contributed by atoms with Gasteiger partial charge in [-0.1, -0.05) is 42.5 Å². The van der Waals surface area contributed by atoms with E-state index in [9.17, 15) is 0 Å². The number of likely N-dealkylation sites (N-methyl/N-ethyl adjacent to an activating group) is 1. The second-order valence-corrected chi connectivity index (χ2v) is 10.9. The molecule has 0 bridgehead atoms. The average Bonchev–Trinajstić information content (AvgIpc) is 3.31. The molecule has 2 aliphatic heterocycles. The highest BCUT2D eigenvalue weighted by Crippen LogP contribution is 2.30. The number of hydrogen-bond donors (Lipinski definition) is 2.